The van der Waals surface area contributed by atoms with Gasteiger partial charge in [0.2, 0.25) is 0 Å². The van der Waals surface area contributed by atoms with Gasteiger partial charge in [-0.3, -0.25) is 0 Å². The van der Waals surface area contributed by atoms with Crippen molar-refractivity contribution in [1.29, 1.82) is 0 Å². The van der Waals surface area contributed by atoms with E-state index in [-0.39, 0.29) is 5.60 Å². The predicted octanol–water partition coefficient (Wildman–Crippen LogP) is 0.864. The fourth-order valence-electron chi connectivity index (χ4n) is 3.36. The van der Waals surface area contributed by atoms with Gasteiger partial charge in [0.1, 0.15) is 19.0 Å². The second-order valence-corrected chi connectivity index (χ2v) is 5.75. The Hall–Kier alpha value is -0.795. The summed E-state index contributed by atoms with van der Waals surface area (Å²) < 4.78 is 6.06. The van der Waals surface area contributed by atoms with Gasteiger partial charge in [-0.15, -0.1) is 0 Å². The summed E-state index contributed by atoms with van der Waals surface area (Å²) >= 11 is 0. The van der Waals surface area contributed by atoms with Gasteiger partial charge in [0.05, 0.1) is 6.10 Å². The zero-order valence-electron chi connectivity index (χ0n) is 10.6. The molecule has 0 radical (unpaired) electrons. The Labute approximate surface area is 103 Å². The lowest BCUT2D eigenvalue weighted by Crippen LogP contribution is -2.47. The van der Waals surface area contributed by atoms with Crippen LogP contribution in [0.5, 0.6) is 0 Å². The second kappa shape index (κ2) is 3.60. The largest absolute Gasteiger partial charge is 0.382 e. The molecule has 0 saturated carbocycles. The number of aliphatic hydroxyl groups is 1. The summed E-state index contributed by atoms with van der Waals surface area (Å²) in [5.41, 5.74) is 0.989. The molecular weight excluding hydrogens is 211 g/mol. The van der Waals surface area contributed by atoms with E-state index in [1.807, 2.05) is 19.1 Å². The Morgan fingerprint density at radius 1 is 1.29 bits per heavy atom. The molecule has 1 N–H and O–H groups in total. The van der Waals surface area contributed by atoms with Crippen molar-refractivity contribution in [3.63, 3.8) is 0 Å². The molecule has 0 aromatic heterocycles. The molecule has 2 bridgehead atoms. The number of hydrogen-bond acceptors (Lipinski definition) is 2. The third-order valence-corrected chi connectivity index (χ3v) is 4.63. The van der Waals surface area contributed by atoms with Crippen molar-refractivity contribution in [3.8, 4) is 0 Å². The van der Waals surface area contributed by atoms with Gasteiger partial charge >= 0.3 is 0 Å². The maximum atomic E-state index is 10.9. The van der Waals surface area contributed by atoms with Gasteiger partial charge in [-0.2, -0.15) is 0 Å². The lowest BCUT2D eigenvalue weighted by molar-refractivity contribution is -0.146. The molecule has 1 aromatic carbocycles. The fraction of sp³-hybridized carbons (Fsp3) is 0.571. The Balaban J connectivity index is 1.97. The lowest BCUT2D eigenvalue weighted by atomic mass is 9.72. The first kappa shape index (κ1) is 11.3. The van der Waals surface area contributed by atoms with Gasteiger partial charge < -0.3 is 9.84 Å². The van der Waals surface area contributed by atoms with Crippen LogP contribution in [0, 0.1) is 0 Å². The van der Waals surface area contributed by atoms with Crippen LogP contribution in [-0.2, 0) is 10.3 Å². The zero-order valence-corrected chi connectivity index (χ0v) is 10.6. The van der Waals surface area contributed by atoms with Crippen LogP contribution < -0.4 is 5.46 Å². The summed E-state index contributed by atoms with van der Waals surface area (Å²) in [7, 11) is 2.06. The minimum Gasteiger partial charge on any atom is -0.382 e. The molecule has 2 saturated heterocycles. The van der Waals surface area contributed by atoms with E-state index in [0.717, 1.165) is 31.2 Å². The standard InChI is InChI=1S/C14H19BO2/c1-13(16,10-2-4-11(15)5-3-10)14-8-6-12(17-14)7-9-14/h2-5,12,16H,6-9,15H2,1H3. The van der Waals surface area contributed by atoms with E-state index in [4.69, 9.17) is 4.74 Å². The normalized spacial score (nSPS) is 34.8. The first-order chi connectivity index (χ1) is 8.03. The average Bonchev–Trinajstić information content (AvgIpc) is 2.91. The van der Waals surface area contributed by atoms with Gasteiger partial charge in [0.15, 0.2) is 0 Å². The number of rotatable bonds is 2. The van der Waals surface area contributed by atoms with E-state index >= 15 is 0 Å². The number of hydrogen-bond donors (Lipinski definition) is 1. The smallest absolute Gasteiger partial charge is 0.139 e. The summed E-state index contributed by atoms with van der Waals surface area (Å²) in [6.45, 7) is 1.91. The van der Waals surface area contributed by atoms with Crippen LogP contribution in [0.25, 0.3) is 0 Å². The molecule has 2 aliphatic rings. The topological polar surface area (TPSA) is 29.5 Å². The van der Waals surface area contributed by atoms with Crippen LogP contribution in [0.1, 0.15) is 38.2 Å². The summed E-state index contributed by atoms with van der Waals surface area (Å²) in [6.07, 6.45) is 4.55. The maximum absolute atomic E-state index is 10.9. The molecule has 90 valence electrons. The molecule has 3 rings (SSSR count). The summed E-state index contributed by atoms with van der Waals surface area (Å²) in [6, 6.07) is 8.17. The summed E-state index contributed by atoms with van der Waals surface area (Å²) in [5, 5.41) is 10.9. The molecule has 2 aliphatic heterocycles. The van der Waals surface area contributed by atoms with Crippen LogP contribution >= 0.6 is 0 Å². The molecule has 1 unspecified atom stereocenters. The number of ether oxygens (including phenoxy) is 1. The van der Waals surface area contributed by atoms with E-state index < -0.39 is 5.60 Å². The van der Waals surface area contributed by atoms with E-state index in [1.165, 1.54) is 5.46 Å². The predicted molar refractivity (Wildman–Crippen MR) is 70.3 cm³/mol. The van der Waals surface area contributed by atoms with Crippen LogP contribution in [0.2, 0.25) is 0 Å². The SMILES string of the molecule is Bc1ccc(C(C)(O)C23CCC(CC2)O3)cc1. The minimum atomic E-state index is -0.869. The Morgan fingerprint density at radius 3 is 2.35 bits per heavy atom. The second-order valence-electron chi connectivity index (χ2n) is 5.75. The highest BCUT2D eigenvalue weighted by molar-refractivity contribution is 6.32. The molecule has 1 atom stereocenters. The Bertz CT molecular complexity index is 416. The van der Waals surface area contributed by atoms with Crippen LogP contribution in [0.15, 0.2) is 24.3 Å². The number of fused-ring (bicyclic) bond motifs is 2. The molecule has 0 aliphatic carbocycles. The first-order valence-corrected chi connectivity index (χ1v) is 6.51. The molecule has 2 nitrogen and oxygen atoms in total. The van der Waals surface area contributed by atoms with Crippen molar-refractivity contribution < 1.29 is 9.84 Å². The van der Waals surface area contributed by atoms with Gasteiger partial charge in [-0.05, 0) is 38.2 Å². The fourth-order valence-corrected chi connectivity index (χ4v) is 3.36. The molecule has 2 fully saturated rings. The van der Waals surface area contributed by atoms with Crippen molar-refractivity contribution in [2.45, 2.75) is 49.9 Å². The molecular formula is C14H19BO2. The van der Waals surface area contributed by atoms with Gasteiger partial charge in [0.25, 0.3) is 0 Å². The number of benzene rings is 1. The van der Waals surface area contributed by atoms with Crippen LogP contribution in [0.4, 0.5) is 0 Å². The molecule has 0 spiro atoms. The lowest BCUT2D eigenvalue weighted by Gasteiger charge is -2.40. The van der Waals surface area contributed by atoms with Crippen molar-refractivity contribution in [2.24, 2.45) is 0 Å². The highest BCUT2D eigenvalue weighted by atomic mass is 16.5. The Kier molecular flexibility index (Phi) is 2.39. The first-order valence-electron chi connectivity index (χ1n) is 6.51. The minimum absolute atomic E-state index is 0.340. The quantitative estimate of drug-likeness (QED) is 0.763. The molecule has 0 amide bonds. The van der Waals surface area contributed by atoms with Crippen molar-refractivity contribution in [1.82, 2.24) is 0 Å². The van der Waals surface area contributed by atoms with E-state index in [1.54, 1.807) is 0 Å². The third-order valence-electron chi connectivity index (χ3n) is 4.63. The van der Waals surface area contributed by atoms with Crippen molar-refractivity contribution >= 4 is 13.3 Å². The highest BCUT2D eigenvalue weighted by Gasteiger charge is 2.57. The van der Waals surface area contributed by atoms with Crippen molar-refractivity contribution in [3.05, 3.63) is 29.8 Å². The summed E-state index contributed by atoms with van der Waals surface area (Å²) in [4.78, 5) is 0. The Morgan fingerprint density at radius 2 is 1.88 bits per heavy atom. The van der Waals surface area contributed by atoms with Gasteiger partial charge in [-0.1, -0.05) is 29.7 Å². The van der Waals surface area contributed by atoms with Crippen LogP contribution in [0.3, 0.4) is 0 Å². The summed E-state index contributed by atoms with van der Waals surface area (Å²) in [5.74, 6) is 0. The molecule has 1 aromatic rings. The highest BCUT2D eigenvalue weighted by Crippen LogP contribution is 2.53. The van der Waals surface area contributed by atoms with Gasteiger partial charge in [0, 0.05) is 0 Å². The van der Waals surface area contributed by atoms with E-state index in [0.29, 0.717) is 6.10 Å². The zero-order chi connectivity index (χ0) is 12.1. The average molecular weight is 230 g/mol. The maximum Gasteiger partial charge on any atom is 0.139 e. The van der Waals surface area contributed by atoms with Crippen molar-refractivity contribution in [2.75, 3.05) is 0 Å². The van der Waals surface area contributed by atoms with E-state index in [2.05, 4.69) is 20.0 Å². The third kappa shape index (κ3) is 1.56. The molecule has 17 heavy (non-hydrogen) atoms. The van der Waals surface area contributed by atoms with E-state index in [9.17, 15) is 5.11 Å². The monoisotopic (exact) mass is 230 g/mol. The molecule has 2 heterocycles. The van der Waals surface area contributed by atoms with Gasteiger partial charge in [-0.25, -0.2) is 0 Å². The molecule has 3 heteroatoms. The van der Waals surface area contributed by atoms with Crippen LogP contribution in [-0.4, -0.2) is 24.7 Å².